The highest BCUT2D eigenvalue weighted by atomic mass is 79.9. The van der Waals surface area contributed by atoms with Crippen molar-refractivity contribution in [1.29, 1.82) is 0 Å². The maximum atomic E-state index is 11.4. The van der Waals surface area contributed by atoms with Crippen molar-refractivity contribution in [3.8, 4) is 0 Å². The van der Waals surface area contributed by atoms with E-state index < -0.39 is 11.8 Å². The lowest BCUT2D eigenvalue weighted by Crippen LogP contribution is -2.39. The highest BCUT2D eigenvalue weighted by Gasteiger charge is 2.46. The van der Waals surface area contributed by atoms with Crippen LogP contribution in [0.4, 0.5) is 0 Å². The molecular formula is C16H20BrNO4. The molecular weight excluding hydrogens is 350 g/mol. The van der Waals surface area contributed by atoms with Crippen molar-refractivity contribution in [2.75, 3.05) is 13.2 Å². The Morgan fingerprint density at radius 2 is 1.91 bits per heavy atom. The predicted octanol–water partition coefficient (Wildman–Crippen LogP) is 3.87. The Hall–Kier alpha value is -0.980. The third-order valence-electron chi connectivity index (χ3n) is 4.71. The van der Waals surface area contributed by atoms with Crippen LogP contribution in [0.3, 0.4) is 0 Å². The zero-order chi connectivity index (χ0) is 15.6. The van der Waals surface area contributed by atoms with Gasteiger partial charge in [0.05, 0.1) is 13.2 Å². The molecule has 5 nitrogen and oxygen atoms in total. The summed E-state index contributed by atoms with van der Waals surface area (Å²) >= 11 is 3.56. The van der Waals surface area contributed by atoms with Crippen molar-refractivity contribution >= 4 is 15.9 Å². The maximum absolute atomic E-state index is 11.4. The topological polar surface area (TPSA) is 61.6 Å². The molecule has 1 aromatic rings. The molecule has 1 aliphatic carbocycles. The molecule has 0 unspecified atom stereocenters. The van der Waals surface area contributed by atoms with Gasteiger partial charge < -0.3 is 9.47 Å². The van der Waals surface area contributed by atoms with E-state index in [1.54, 1.807) is 0 Å². The highest BCUT2D eigenvalue weighted by molar-refractivity contribution is 9.10. The summed E-state index contributed by atoms with van der Waals surface area (Å²) in [6, 6.07) is 7.32. The van der Waals surface area contributed by atoms with Gasteiger partial charge in [0.15, 0.2) is 5.79 Å². The smallest absolute Gasteiger partial charge is 0.216 e. The second-order valence-corrected chi connectivity index (χ2v) is 6.89. The number of benzene rings is 1. The molecule has 0 bridgehead atoms. The summed E-state index contributed by atoms with van der Waals surface area (Å²) in [6.07, 6.45) is 4.04. The summed E-state index contributed by atoms with van der Waals surface area (Å²) in [5.74, 6) is -0.856. The largest absolute Gasteiger partial charge is 0.343 e. The van der Waals surface area contributed by atoms with Crippen LogP contribution in [0, 0.1) is 16.0 Å². The second-order valence-electron chi connectivity index (χ2n) is 6.03. The summed E-state index contributed by atoms with van der Waals surface area (Å²) in [5, 5.41) is 11.4. The van der Waals surface area contributed by atoms with Crippen LogP contribution in [0.2, 0.25) is 0 Å². The lowest BCUT2D eigenvalue weighted by molar-refractivity contribution is -0.537. The van der Waals surface area contributed by atoms with Crippen molar-refractivity contribution in [2.45, 2.75) is 43.9 Å². The molecule has 120 valence electrons. The molecule has 0 spiro atoms. The fourth-order valence-electron chi connectivity index (χ4n) is 3.66. The fourth-order valence-corrected chi connectivity index (χ4v) is 4.24. The fraction of sp³-hybridized carbons (Fsp3) is 0.625. The molecule has 2 aliphatic rings. The van der Waals surface area contributed by atoms with E-state index in [0.29, 0.717) is 26.1 Å². The number of hydrogen-bond donors (Lipinski definition) is 0. The Kier molecular flexibility index (Phi) is 4.80. The zero-order valence-electron chi connectivity index (χ0n) is 12.4. The molecule has 2 fully saturated rings. The first kappa shape index (κ1) is 15.9. The third-order valence-corrected chi connectivity index (χ3v) is 5.40. The Morgan fingerprint density at radius 3 is 2.59 bits per heavy atom. The van der Waals surface area contributed by atoms with Gasteiger partial charge in [-0.05, 0) is 18.9 Å². The molecule has 1 saturated heterocycles. The standard InChI is InChI=1S/C16H20BrNO4/c17-14-7-3-2-6-13(14)16(21-9-10-22-16)11-12-5-1-4-8-15(12)18(19)20/h2-3,6-7,12,15H,1,4-5,8-11H2/t12-,15+/m0/s1. The Morgan fingerprint density at radius 1 is 1.23 bits per heavy atom. The van der Waals surface area contributed by atoms with Gasteiger partial charge in [0.2, 0.25) is 6.04 Å². The Balaban J connectivity index is 1.88. The molecule has 2 atom stereocenters. The Bertz CT molecular complexity index is 545. The van der Waals surface area contributed by atoms with Crippen LogP contribution < -0.4 is 0 Å². The quantitative estimate of drug-likeness (QED) is 0.596. The van der Waals surface area contributed by atoms with Crippen LogP contribution in [-0.2, 0) is 15.3 Å². The van der Waals surface area contributed by atoms with Gasteiger partial charge in [-0.3, -0.25) is 10.1 Å². The van der Waals surface area contributed by atoms with E-state index >= 15 is 0 Å². The van der Waals surface area contributed by atoms with Gasteiger partial charge in [0.25, 0.3) is 0 Å². The van der Waals surface area contributed by atoms with E-state index in [2.05, 4.69) is 15.9 Å². The minimum atomic E-state index is -0.851. The average Bonchev–Trinajstić information content (AvgIpc) is 2.97. The summed E-state index contributed by atoms with van der Waals surface area (Å²) in [5.41, 5.74) is 0.931. The van der Waals surface area contributed by atoms with E-state index in [9.17, 15) is 10.1 Å². The van der Waals surface area contributed by atoms with Crippen molar-refractivity contribution in [1.82, 2.24) is 0 Å². The molecule has 0 aromatic heterocycles. The van der Waals surface area contributed by atoms with Gasteiger partial charge >= 0.3 is 0 Å². The van der Waals surface area contributed by atoms with Gasteiger partial charge in [-0.2, -0.15) is 0 Å². The van der Waals surface area contributed by atoms with Crippen molar-refractivity contribution in [3.63, 3.8) is 0 Å². The average molecular weight is 370 g/mol. The normalized spacial score (nSPS) is 27.7. The SMILES string of the molecule is O=[N+]([O-])[C@@H]1CCCC[C@H]1CC1(c2ccccc2Br)OCCO1. The number of ether oxygens (including phenoxy) is 2. The van der Waals surface area contributed by atoms with Crippen LogP contribution in [-0.4, -0.2) is 24.2 Å². The Labute approximate surface area is 138 Å². The van der Waals surface area contributed by atoms with Crippen LogP contribution in [0.5, 0.6) is 0 Å². The van der Waals surface area contributed by atoms with E-state index in [-0.39, 0.29) is 10.8 Å². The number of hydrogen-bond acceptors (Lipinski definition) is 4. The molecule has 1 aromatic carbocycles. The lowest BCUT2D eigenvalue weighted by Gasteiger charge is -2.35. The summed E-state index contributed by atoms with van der Waals surface area (Å²) in [7, 11) is 0. The van der Waals surface area contributed by atoms with Gasteiger partial charge in [-0.15, -0.1) is 0 Å². The van der Waals surface area contributed by atoms with E-state index in [1.165, 1.54) is 0 Å². The van der Waals surface area contributed by atoms with Crippen LogP contribution >= 0.6 is 15.9 Å². The highest BCUT2D eigenvalue weighted by Crippen LogP contribution is 2.44. The van der Waals surface area contributed by atoms with E-state index in [0.717, 1.165) is 29.3 Å². The summed E-state index contributed by atoms with van der Waals surface area (Å²) in [4.78, 5) is 11.2. The van der Waals surface area contributed by atoms with Crippen molar-refractivity contribution in [3.05, 3.63) is 44.4 Å². The number of nitro groups is 1. The third kappa shape index (κ3) is 3.05. The van der Waals surface area contributed by atoms with E-state index in [4.69, 9.17) is 9.47 Å². The van der Waals surface area contributed by atoms with Crippen LogP contribution in [0.1, 0.15) is 37.7 Å². The molecule has 0 N–H and O–H groups in total. The van der Waals surface area contributed by atoms with Crippen molar-refractivity contribution < 1.29 is 14.4 Å². The first-order valence-electron chi connectivity index (χ1n) is 7.79. The molecule has 1 saturated carbocycles. The molecule has 1 aliphatic heterocycles. The summed E-state index contributed by atoms with van der Waals surface area (Å²) < 4.78 is 12.8. The van der Waals surface area contributed by atoms with Crippen LogP contribution in [0.25, 0.3) is 0 Å². The number of halogens is 1. The summed E-state index contributed by atoms with van der Waals surface area (Å²) in [6.45, 7) is 1.05. The number of nitrogens with zero attached hydrogens (tertiary/aromatic N) is 1. The molecule has 0 amide bonds. The van der Waals surface area contributed by atoms with Crippen molar-refractivity contribution in [2.24, 2.45) is 5.92 Å². The van der Waals surface area contributed by atoms with E-state index in [1.807, 2.05) is 24.3 Å². The molecule has 3 rings (SSSR count). The first-order valence-corrected chi connectivity index (χ1v) is 8.58. The minimum Gasteiger partial charge on any atom is -0.343 e. The molecule has 1 heterocycles. The predicted molar refractivity (Wildman–Crippen MR) is 85.1 cm³/mol. The lowest BCUT2D eigenvalue weighted by atomic mass is 9.79. The van der Waals surface area contributed by atoms with Gasteiger partial charge in [0.1, 0.15) is 0 Å². The number of rotatable bonds is 4. The molecule has 0 radical (unpaired) electrons. The van der Waals surface area contributed by atoms with Gasteiger partial charge in [-0.25, -0.2) is 0 Å². The monoisotopic (exact) mass is 369 g/mol. The second kappa shape index (κ2) is 6.64. The first-order chi connectivity index (χ1) is 10.6. The van der Waals surface area contributed by atoms with Gasteiger partial charge in [0, 0.05) is 33.7 Å². The molecule has 22 heavy (non-hydrogen) atoms. The zero-order valence-corrected chi connectivity index (χ0v) is 14.0. The van der Waals surface area contributed by atoms with Crippen LogP contribution in [0.15, 0.2) is 28.7 Å². The minimum absolute atomic E-state index is 0.00560. The molecule has 6 heteroatoms. The maximum Gasteiger partial charge on any atom is 0.216 e. The van der Waals surface area contributed by atoms with Gasteiger partial charge in [-0.1, -0.05) is 40.5 Å².